The molecule has 0 amide bonds. The normalized spacial score (nSPS) is 9.86. The van der Waals surface area contributed by atoms with E-state index in [1.165, 1.54) is 0 Å². The Morgan fingerprint density at radius 1 is 1.57 bits per heavy atom. The van der Waals surface area contributed by atoms with Gasteiger partial charge in [-0.1, -0.05) is 19.1 Å². The van der Waals surface area contributed by atoms with Crippen LogP contribution in [0.4, 0.5) is 0 Å². The highest BCUT2D eigenvalue weighted by Crippen LogP contribution is 1.77. The standard InChI is InChI=1S/C6H9N/c1-3-4-5-6-7-2/h4-5H,3,6H2,1H3. The summed E-state index contributed by atoms with van der Waals surface area (Å²) >= 11 is 0. The molecule has 1 heteroatoms. The molecule has 0 N–H and O–H groups in total. The quantitative estimate of drug-likeness (QED) is 0.371. The van der Waals surface area contributed by atoms with Crippen molar-refractivity contribution in [1.82, 2.24) is 0 Å². The van der Waals surface area contributed by atoms with Gasteiger partial charge in [0.05, 0.1) is 6.54 Å². The van der Waals surface area contributed by atoms with Gasteiger partial charge in [-0.3, -0.25) is 4.99 Å². The predicted octanol–water partition coefficient (Wildman–Crippen LogP) is 1.41. The summed E-state index contributed by atoms with van der Waals surface area (Å²) in [7, 11) is 0. The molecule has 0 bridgehead atoms. The number of rotatable bonds is 3. The Labute approximate surface area is 44.8 Å². The molecule has 0 aromatic carbocycles. The minimum absolute atomic E-state index is 0.536. The summed E-state index contributed by atoms with van der Waals surface area (Å²) in [4.78, 5) is 3.14. The minimum Gasteiger partial charge on any atom is -0.277 e. The van der Waals surface area contributed by atoms with Crippen molar-refractivity contribution in [3.05, 3.63) is 12.2 Å². The van der Waals surface area contributed by atoms with E-state index < -0.39 is 0 Å². The van der Waals surface area contributed by atoms with Crippen molar-refractivity contribution < 1.29 is 0 Å². The molecular weight excluding hydrogens is 86.1 g/mol. The molecule has 0 spiro atoms. The second-order valence-electron chi connectivity index (χ2n) is 1.22. The van der Waals surface area contributed by atoms with Gasteiger partial charge in [0, 0.05) is 0 Å². The third-order valence-corrected chi connectivity index (χ3v) is 0.599. The SMILES string of the molecule is CCC=CCN=[C:1]. The smallest absolute Gasteiger partial charge is 0.113 e. The number of hydrogen-bond acceptors (Lipinski definition) is 1. The molecule has 2 radical (unpaired) electrons. The van der Waals surface area contributed by atoms with Gasteiger partial charge < -0.3 is 0 Å². The van der Waals surface area contributed by atoms with E-state index in [0.717, 1.165) is 6.42 Å². The maximum Gasteiger partial charge on any atom is 0.113 e. The van der Waals surface area contributed by atoms with E-state index in [1.54, 1.807) is 0 Å². The average molecular weight is 95.1 g/mol. The van der Waals surface area contributed by atoms with Crippen LogP contribution in [0, 0.1) is 0 Å². The van der Waals surface area contributed by atoms with E-state index in [4.69, 9.17) is 6.72 Å². The molecule has 0 heterocycles. The first-order valence-corrected chi connectivity index (χ1v) is 2.40. The fourth-order valence-electron chi connectivity index (χ4n) is 0.294. The first kappa shape index (κ1) is 6.41. The fraction of sp³-hybridized carbons (Fsp3) is 0.500. The largest absolute Gasteiger partial charge is 0.277 e. The van der Waals surface area contributed by atoms with Crippen molar-refractivity contribution in [2.45, 2.75) is 13.3 Å². The molecule has 0 aliphatic heterocycles. The number of allylic oxidation sites excluding steroid dienone is 1. The Kier molecular flexibility index (Phi) is 4.95. The van der Waals surface area contributed by atoms with Gasteiger partial charge in [-0.15, -0.1) is 0 Å². The van der Waals surface area contributed by atoms with E-state index in [2.05, 4.69) is 11.9 Å². The molecule has 0 fully saturated rings. The minimum atomic E-state index is 0.536. The van der Waals surface area contributed by atoms with Crippen molar-refractivity contribution in [3.8, 4) is 0 Å². The van der Waals surface area contributed by atoms with Gasteiger partial charge in [0.2, 0.25) is 0 Å². The summed E-state index contributed by atoms with van der Waals surface area (Å²) in [6, 6.07) is 0. The highest BCUT2D eigenvalue weighted by atomic mass is 14.6. The number of hydrogen-bond donors (Lipinski definition) is 0. The lowest BCUT2D eigenvalue weighted by atomic mass is 10.4. The van der Waals surface area contributed by atoms with Gasteiger partial charge in [0.1, 0.15) is 6.72 Å². The maximum absolute atomic E-state index is 6.35. The lowest BCUT2D eigenvalue weighted by Crippen LogP contribution is -1.65. The molecule has 0 aliphatic carbocycles. The summed E-state index contributed by atoms with van der Waals surface area (Å²) < 4.78 is 0. The molecule has 0 aromatic rings. The lowest BCUT2D eigenvalue weighted by molar-refractivity contribution is 1.18. The second-order valence-corrected chi connectivity index (χ2v) is 1.22. The topological polar surface area (TPSA) is 12.4 Å². The van der Waals surface area contributed by atoms with Crippen molar-refractivity contribution in [3.63, 3.8) is 0 Å². The molecule has 38 valence electrons. The molecular formula is C6H9N. The molecule has 7 heavy (non-hydrogen) atoms. The summed E-state index contributed by atoms with van der Waals surface area (Å²) in [6.45, 7) is 8.95. The Balaban J connectivity index is 2.92. The second kappa shape index (κ2) is 5.41. The van der Waals surface area contributed by atoms with Crippen molar-refractivity contribution >= 4 is 6.72 Å². The van der Waals surface area contributed by atoms with Gasteiger partial charge in [-0.2, -0.15) is 0 Å². The van der Waals surface area contributed by atoms with Crippen molar-refractivity contribution in [1.29, 1.82) is 0 Å². The van der Waals surface area contributed by atoms with Crippen LogP contribution in [0.2, 0.25) is 0 Å². The number of aliphatic imine (C=N–C) groups is 1. The molecule has 0 rings (SSSR count). The van der Waals surface area contributed by atoms with Gasteiger partial charge in [-0.05, 0) is 6.42 Å². The third kappa shape index (κ3) is 5.41. The molecule has 0 atom stereocenters. The van der Waals surface area contributed by atoms with Crippen LogP contribution in [0.1, 0.15) is 13.3 Å². The van der Waals surface area contributed by atoms with Gasteiger partial charge >= 0.3 is 0 Å². The Hall–Kier alpha value is -0.590. The van der Waals surface area contributed by atoms with Crippen molar-refractivity contribution in [2.75, 3.05) is 6.54 Å². The zero-order chi connectivity index (χ0) is 5.54. The zero-order valence-corrected chi connectivity index (χ0v) is 4.52. The van der Waals surface area contributed by atoms with Crippen LogP contribution < -0.4 is 0 Å². The summed E-state index contributed by atoms with van der Waals surface area (Å²) in [5.74, 6) is 0. The molecule has 0 saturated carbocycles. The zero-order valence-electron chi connectivity index (χ0n) is 4.52. The van der Waals surface area contributed by atoms with Crippen LogP contribution in [-0.4, -0.2) is 13.3 Å². The predicted molar refractivity (Wildman–Crippen MR) is 31.7 cm³/mol. The summed E-state index contributed by atoms with van der Waals surface area (Å²) in [5.41, 5.74) is 0. The molecule has 0 unspecified atom stereocenters. The average Bonchev–Trinajstić information content (AvgIpc) is 1.69. The van der Waals surface area contributed by atoms with E-state index >= 15 is 0 Å². The monoisotopic (exact) mass is 95.1 g/mol. The summed E-state index contributed by atoms with van der Waals surface area (Å²) in [5, 5.41) is 0. The summed E-state index contributed by atoms with van der Waals surface area (Å²) in [6.07, 6.45) is 4.92. The van der Waals surface area contributed by atoms with Gasteiger partial charge in [0.25, 0.3) is 0 Å². The Bertz CT molecular complexity index is 64.6. The Morgan fingerprint density at radius 2 is 2.29 bits per heavy atom. The highest BCUT2D eigenvalue weighted by molar-refractivity contribution is 5.23. The molecule has 0 aromatic heterocycles. The molecule has 1 nitrogen and oxygen atoms in total. The molecule has 0 aliphatic rings. The van der Waals surface area contributed by atoms with Crippen LogP contribution >= 0.6 is 0 Å². The maximum atomic E-state index is 6.35. The third-order valence-electron chi connectivity index (χ3n) is 0.599. The van der Waals surface area contributed by atoms with E-state index in [9.17, 15) is 0 Å². The van der Waals surface area contributed by atoms with Gasteiger partial charge in [0.15, 0.2) is 0 Å². The van der Waals surface area contributed by atoms with E-state index in [0.29, 0.717) is 6.54 Å². The van der Waals surface area contributed by atoms with Crippen LogP contribution in [0.15, 0.2) is 17.1 Å². The van der Waals surface area contributed by atoms with Crippen LogP contribution in [0.3, 0.4) is 0 Å². The Morgan fingerprint density at radius 3 is 2.71 bits per heavy atom. The van der Waals surface area contributed by atoms with Crippen LogP contribution in [0.25, 0.3) is 0 Å². The fourth-order valence-corrected chi connectivity index (χ4v) is 0.294. The first-order chi connectivity index (χ1) is 3.41. The van der Waals surface area contributed by atoms with Crippen molar-refractivity contribution in [2.24, 2.45) is 4.99 Å². The van der Waals surface area contributed by atoms with Crippen LogP contribution in [-0.2, 0) is 0 Å². The number of nitrogens with zero attached hydrogens (tertiary/aromatic N) is 1. The highest BCUT2D eigenvalue weighted by Gasteiger charge is 1.63. The van der Waals surface area contributed by atoms with Crippen LogP contribution in [0.5, 0.6) is 0 Å². The molecule has 0 saturated heterocycles. The lowest BCUT2D eigenvalue weighted by Gasteiger charge is -1.75. The van der Waals surface area contributed by atoms with E-state index in [-0.39, 0.29) is 0 Å². The van der Waals surface area contributed by atoms with Gasteiger partial charge in [-0.25, -0.2) is 0 Å². The first-order valence-electron chi connectivity index (χ1n) is 2.40. The van der Waals surface area contributed by atoms with E-state index in [1.807, 2.05) is 12.2 Å².